The topological polar surface area (TPSA) is 36.9 Å². The van der Waals surface area contributed by atoms with Gasteiger partial charge in [-0.3, -0.25) is 0 Å². The number of ether oxygens (including phenoxy) is 4. The standard InChI is InChI=1S/C8H18O4.C2H6/c1-9-3-5-11-7-8-12-6-4-10-2;1-2/h3-8H2,1-2H3;1-2H3. The van der Waals surface area contributed by atoms with Crippen LogP contribution < -0.4 is 0 Å². The van der Waals surface area contributed by atoms with Gasteiger partial charge in [0.15, 0.2) is 0 Å². The van der Waals surface area contributed by atoms with Crippen LogP contribution in [0.25, 0.3) is 0 Å². The Kier molecular flexibility index (Phi) is 21.6. The smallest absolute Gasteiger partial charge is 0.0701 e. The van der Waals surface area contributed by atoms with E-state index in [9.17, 15) is 0 Å². The van der Waals surface area contributed by atoms with E-state index < -0.39 is 0 Å². The second-order valence-corrected chi connectivity index (χ2v) is 2.21. The first-order valence-corrected chi connectivity index (χ1v) is 5.05. The van der Waals surface area contributed by atoms with Crippen molar-refractivity contribution in [3.8, 4) is 0 Å². The van der Waals surface area contributed by atoms with Crippen molar-refractivity contribution in [3.63, 3.8) is 0 Å². The van der Waals surface area contributed by atoms with Gasteiger partial charge in [-0.2, -0.15) is 0 Å². The van der Waals surface area contributed by atoms with Crippen molar-refractivity contribution in [2.75, 3.05) is 53.9 Å². The molecule has 0 fully saturated rings. The van der Waals surface area contributed by atoms with Gasteiger partial charge in [-0.1, -0.05) is 13.8 Å². The lowest BCUT2D eigenvalue weighted by atomic mass is 10.7. The van der Waals surface area contributed by atoms with E-state index in [0.29, 0.717) is 39.6 Å². The Labute approximate surface area is 87.5 Å². The highest BCUT2D eigenvalue weighted by Crippen LogP contribution is 1.79. The predicted molar refractivity (Wildman–Crippen MR) is 56.7 cm³/mol. The molecule has 0 amide bonds. The number of rotatable bonds is 9. The van der Waals surface area contributed by atoms with E-state index in [0.717, 1.165) is 0 Å². The minimum Gasteiger partial charge on any atom is -0.382 e. The van der Waals surface area contributed by atoms with E-state index in [1.807, 2.05) is 13.8 Å². The molecule has 0 aromatic rings. The fourth-order valence-electron chi connectivity index (χ4n) is 0.606. The third-order valence-corrected chi connectivity index (χ3v) is 1.24. The number of hydrogen-bond acceptors (Lipinski definition) is 4. The molecule has 4 nitrogen and oxygen atoms in total. The van der Waals surface area contributed by atoms with Gasteiger partial charge in [0.05, 0.1) is 39.6 Å². The summed E-state index contributed by atoms with van der Waals surface area (Å²) in [5.41, 5.74) is 0. The monoisotopic (exact) mass is 208 g/mol. The molecule has 0 saturated heterocycles. The molecule has 0 aromatic carbocycles. The molecule has 0 aliphatic rings. The van der Waals surface area contributed by atoms with Gasteiger partial charge < -0.3 is 18.9 Å². The van der Waals surface area contributed by atoms with Gasteiger partial charge >= 0.3 is 0 Å². The van der Waals surface area contributed by atoms with E-state index in [4.69, 9.17) is 18.9 Å². The van der Waals surface area contributed by atoms with Crippen LogP contribution in [0, 0.1) is 0 Å². The summed E-state index contributed by atoms with van der Waals surface area (Å²) in [6.45, 7) is 7.77. The van der Waals surface area contributed by atoms with Crippen LogP contribution >= 0.6 is 0 Å². The van der Waals surface area contributed by atoms with Crippen molar-refractivity contribution < 1.29 is 18.9 Å². The molecule has 0 aliphatic carbocycles. The van der Waals surface area contributed by atoms with Crippen molar-refractivity contribution in [3.05, 3.63) is 0 Å². The summed E-state index contributed by atoms with van der Waals surface area (Å²) in [4.78, 5) is 0. The molecule has 0 unspecified atom stereocenters. The Morgan fingerprint density at radius 3 is 1.14 bits per heavy atom. The Hall–Kier alpha value is -0.160. The minimum absolute atomic E-state index is 0.618. The fraction of sp³-hybridized carbons (Fsp3) is 1.00. The van der Waals surface area contributed by atoms with Gasteiger partial charge in [0.2, 0.25) is 0 Å². The Morgan fingerprint density at radius 1 is 0.571 bits per heavy atom. The molecule has 4 heteroatoms. The van der Waals surface area contributed by atoms with Gasteiger partial charge in [-0.15, -0.1) is 0 Å². The maximum absolute atomic E-state index is 5.16. The first kappa shape index (κ1) is 16.3. The van der Waals surface area contributed by atoms with Gasteiger partial charge in [0.25, 0.3) is 0 Å². The first-order chi connectivity index (χ1) is 6.91. The maximum Gasteiger partial charge on any atom is 0.0701 e. The zero-order valence-electron chi connectivity index (χ0n) is 9.88. The normalized spacial score (nSPS) is 9.43. The predicted octanol–water partition coefficient (Wildman–Crippen LogP) is 1.34. The van der Waals surface area contributed by atoms with Gasteiger partial charge in [-0.25, -0.2) is 0 Å². The molecular weight excluding hydrogens is 184 g/mol. The summed E-state index contributed by atoms with van der Waals surface area (Å²) in [6.07, 6.45) is 0. The van der Waals surface area contributed by atoms with Crippen LogP contribution in [-0.2, 0) is 18.9 Å². The van der Waals surface area contributed by atoms with Crippen molar-refractivity contribution in [1.82, 2.24) is 0 Å². The fourth-order valence-corrected chi connectivity index (χ4v) is 0.606. The van der Waals surface area contributed by atoms with E-state index in [2.05, 4.69) is 0 Å². The minimum atomic E-state index is 0.618. The summed E-state index contributed by atoms with van der Waals surface area (Å²) in [6, 6.07) is 0. The highest BCUT2D eigenvalue weighted by atomic mass is 16.5. The van der Waals surface area contributed by atoms with E-state index in [1.54, 1.807) is 14.2 Å². The van der Waals surface area contributed by atoms with Crippen molar-refractivity contribution >= 4 is 0 Å². The largest absolute Gasteiger partial charge is 0.382 e. The second-order valence-electron chi connectivity index (χ2n) is 2.21. The molecule has 0 atom stereocenters. The Bertz CT molecular complexity index is 68.5. The number of methoxy groups -OCH3 is 2. The lowest BCUT2D eigenvalue weighted by molar-refractivity contribution is 0.0106. The summed E-state index contributed by atoms with van der Waals surface area (Å²) in [5, 5.41) is 0. The molecule has 88 valence electrons. The van der Waals surface area contributed by atoms with E-state index in [-0.39, 0.29) is 0 Å². The van der Waals surface area contributed by atoms with Crippen molar-refractivity contribution in [1.29, 1.82) is 0 Å². The lowest BCUT2D eigenvalue weighted by Crippen LogP contribution is -2.10. The van der Waals surface area contributed by atoms with Crippen LogP contribution in [-0.4, -0.2) is 53.9 Å². The number of hydrogen-bond donors (Lipinski definition) is 0. The van der Waals surface area contributed by atoms with Gasteiger partial charge in [0.1, 0.15) is 0 Å². The van der Waals surface area contributed by atoms with Crippen LogP contribution in [0.2, 0.25) is 0 Å². The first-order valence-electron chi connectivity index (χ1n) is 5.05. The van der Waals surface area contributed by atoms with Crippen molar-refractivity contribution in [2.24, 2.45) is 0 Å². The molecule has 0 rings (SSSR count). The molecule has 0 aromatic heterocycles. The van der Waals surface area contributed by atoms with Gasteiger partial charge in [0, 0.05) is 14.2 Å². The third-order valence-electron chi connectivity index (χ3n) is 1.24. The molecule has 0 bridgehead atoms. The average Bonchev–Trinajstić information content (AvgIpc) is 2.25. The lowest BCUT2D eigenvalue weighted by Gasteiger charge is -2.04. The van der Waals surface area contributed by atoms with Crippen LogP contribution in [0.4, 0.5) is 0 Å². The zero-order chi connectivity index (χ0) is 11.1. The molecule has 14 heavy (non-hydrogen) atoms. The molecule has 0 saturated carbocycles. The summed E-state index contributed by atoms with van der Waals surface area (Å²) < 4.78 is 19.9. The second kappa shape index (κ2) is 18.6. The highest BCUT2D eigenvalue weighted by molar-refractivity contribution is 4.32. The molecular formula is C10H24O4. The quantitative estimate of drug-likeness (QED) is 0.536. The van der Waals surface area contributed by atoms with Crippen LogP contribution in [0.1, 0.15) is 13.8 Å². The van der Waals surface area contributed by atoms with Crippen LogP contribution in [0.5, 0.6) is 0 Å². The molecule has 0 spiro atoms. The molecule has 0 heterocycles. The third kappa shape index (κ3) is 17.8. The summed E-state index contributed by atoms with van der Waals surface area (Å²) in [7, 11) is 3.30. The van der Waals surface area contributed by atoms with E-state index in [1.165, 1.54) is 0 Å². The summed E-state index contributed by atoms with van der Waals surface area (Å²) >= 11 is 0. The molecule has 0 radical (unpaired) electrons. The molecule has 0 N–H and O–H groups in total. The van der Waals surface area contributed by atoms with Crippen LogP contribution in [0.15, 0.2) is 0 Å². The summed E-state index contributed by atoms with van der Waals surface area (Å²) in [5.74, 6) is 0. The highest BCUT2D eigenvalue weighted by Gasteiger charge is 1.88. The van der Waals surface area contributed by atoms with Gasteiger partial charge in [-0.05, 0) is 0 Å². The maximum atomic E-state index is 5.16. The van der Waals surface area contributed by atoms with E-state index >= 15 is 0 Å². The SMILES string of the molecule is CC.COCCOCCOCCOC. The molecule has 0 aliphatic heterocycles. The Balaban J connectivity index is 0. The zero-order valence-corrected chi connectivity index (χ0v) is 9.88. The average molecular weight is 208 g/mol. The van der Waals surface area contributed by atoms with Crippen LogP contribution in [0.3, 0.4) is 0 Å². The Morgan fingerprint density at radius 2 is 0.857 bits per heavy atom. The van der Waals surface area contributed by atoms with Crippen molar-refractivity contribution in [2.45, 2.75) is 13.8 Å².